The van der Waals surface area contributed by atoms with Crippen LogP contribution in [0.2, 0.25) is 0 Å². The number of hydrogen-bond donors (Lipinski definition) is 2. The largest absolute Gasteiger partial charge is 0.481 e. The van der Waals surface area contributed by atoms with Gasteiger partial charge in [-0.1, -0.05) is 24.3 Å². The van der Waals surface area contributed by atoms with Gasteiger partial charge in [0.15, 0.2) is 0 Å². The Morgan fingerprint density at radius 1 is 1.30 bits per heavy atom. The predicted molar refractivity (Wildman–Crippen MR) is 75.6 cm³/mol. The summed E-state index contributed by atoms with van der Waals surface area (Å²) in [7, 11) is 0. The van der Waals surface area contributed by atoms with Gasteiger partial charge in [-0.15, -0.1) is 0 Å². The third-order valence-electron chi connectivity index (χ3n) is 3.88. The number of rotatable bonds is 6. The molecule has 0 saturated carbocycles. The number of ether oxygens (including phenoxy) is 1. The molecule has 1 unspecified atom stereocenters. The van der Waals surface area contributed by atoms with E-state index in [2.05, 4.69) is 0 Å². The standard InChI is InChI=1S/C16H22O4/c1-11(2)20-10-14(17)9-16(15(18)19)7-12-5-3-4-6-13(12)8-16/h3-6,11,14,17H,7-10H2,1-2H3,(H,18,19). The highest BCUT2D eigenvalue weighted by molar-refractivity contribution is 5.77. The Labute approximate surface area is 119 Å². The maximum atomic E-state index is 11.7. The zero-order valence-corrected chi connectivity index (χ0v) is 12.0. The van der Waals surface area contributed by atoms with Gasteiger partial charge in [-0.25, -0.2) is 0 Å². The summed E-state index contributed by atoms with van der Waals surface area (Å²) in [5.41, 5.74) is 1.25. The van der Waals surface area contributed by atoms with Crippen molar-refractivity contribution in [2.45, 2.75) is 45.3 Å². The van der Waals surface area contributed by atoms with E-state index in [9.17, 15) is 15.0 Å². The normalized spacial score (nSPS) is 18.0. The number of fused-ring (bicyclic) bond motifs is 1. The van der Waals surface area contributed by atoms with E-state index in [1.807, 2.05) is 38.1 Å². The summed E-state index contributed by atoms with van der Waals surface area (Å²) in [6.07, 6.45) is 0.479. The molecule has 0 radical (unpaired) electrons. The van der Waals surface area contributed by atoms with Crippen LogP contribution >= 0.6 is 0 Å². The molecule has 1 aromatic carbocycles. The van der Waals surface area contributed by atoms with E-state index in [1.54, 1.807) is 0 Å². The Morgan fingerprint density at radius 2 is 1.85 bits per heavy atom. The van der Waals surface area contributed by atoms with Crippen molar-refractivity contribution >= 4 is 5.97 Å². The molecule has 4 heteroatoms. The van der Waals surface area contributed by atoms with Gasteiger partial charge in [0.05, 0.1) is 24.2 Å². The first kappa shape index (κ1) is 15.0. The van der Waals surface area contributed by atoms with Crippen LogP contribution < -0.4 is 0 Å². The monoisotopic (exact) mass is 278 g/mol. The average Bonchev–Trinajstić information content (AvgIpc) is 2.75. The Morgan fingerprint density at radius 3 is 2.30 bits per heavy atom. The predicted octanol–water partition coefficient (Wildman–Crippen LogP) is 2.03. The van der Waals surface area contributed by atoms with Crippen molar-refractivity contribution in [3.05, 3.63) is 35.4 Å². The van der Waals surface area contributed by atoms with Crippen molar-refractivity contribution in [3.8, 4) is 0 Å². The van der Waals surface area contributed by atoms with Crippen LogP contribution in [0.4, 0.5) is 0 Å². The lowest BCUT2D eigenvalue weighted by Gasteiger charge is -2.27. The van der Waals surface area contributed by atoms with Crippen LogP contribution in [-0.4, -0.2) is 35.0 Å². The zero-order chi connectivity index (χ0) is 14.8. The SMILES string of the molecule is CC(C)OCC(O)CC1(C(=O)O)Cc2ccccc2C1. The molecular weight excluding hydrogens is 256 g/mol. The molecule has 2 N–H and O–H groups in total. The van der Waals surface area contributed by atoms with Gasteiger partial charge >= 0.3 is 5.97 Å². The lowest BCUT2D eigenvalue weighted by Crippen LogP contribution is -2.37. The quantitative estimate of drug-likeness (QED) is 0.835. The lowest BCUT2D eigenvalue weighted by atomic mass is 9.79. The molecule has 0 aliphatic heterocycles. The Hall–Kier alpha value is -1.39. The molecule has 0 saturated heterocycles. The number of carbonyl (C=O) groups is 1. The van der Waals surface area contributed by atoms with E-state index in [1.165, 1.54) is 0 Å². The van der Waals surface area contributed by atoms with Gasteiger partial charge in [-0.2, -0.15) is 0 Å². The van der Waals surface area contributed by atoms with Gasteiger partial charge in [0, 0.05) is 0 Å². The summed E-state index contributed by atoms with van der Waals surface area (Å²) in [6, 6.07) is 7.79. The van der Waals surface area contributed by atoms with E-state index in [4.69, 9.17) is 4.74 Å². The fraction of sp³-hybridized carbons (Fsp3) is 0.562. The van der Waals surface area contributed by atoms with Crippen molar-refractivity contribution < 1.29 is 19.7 Å². The first-order valence-electron chi connectivity index (χ1n) is 7.03. The number of carboxylic acids is 1. The van der Waals surface area contributed by atoms with Gasteiger partial charge in [-0.05, 0) is 44.2 Å². The molecule has 1 atom stereocenters. The molecule has 110 valence electrons. The highest BCUT2D eigenvalue weighted by atomic mass is 16.5. The summed E-state index contributed by atoms with van der Waals surface area (Å²) in [6.45, 7) is 3.97. The van der Waals surface area contributed by atoms with E-state index in [0.29, 0.717) is 12.8 Å². The molecule has 0 spiro atoms. The number of hydrogen-bond acceptors (Lipinski definition) is 3. The molecular formula is C16H22O4. The van der Waals surface area contributed by atoms with Crippen LogP contribution in [0, 0.1) is 5.41 Å². The summed E-state index contributed by atoms with van der Waals surface area (Å²) in [5.74, 6) is -0.836. The first-order valence-corrected chi connectivity index (χ1v) is 7.03. The molecule has 0 amide bonds. The molecule has 0 fully saturated rings. The van der Waals surface area contributed by atoms with Gasteiger partial charge in [0.1, 0.15) is 0 Å². The number of benzene rings is 1. The third-order valence-corrected chi connectivity index (χ3v) is 3.88. The Bertz CT molecular complexity index is 456. The minimum atomic E-state index is -0.899. The second-order valence-electron chi connectivity index (χ2n) is 5.95. The molecule has 20 heavy (non-hydrogen) atoms. The van der Waals surface area contributed by atoms with Crippen LogP contribution in [0.3, 0.4) is 0 Å². The van der Waals surface area contributed by atoms with E-state index in [-0.39, 0.29) is 19.1 Å². The number of aliphatic hydroxyl groups excluding tert-OH is 1. The molecule has 1 aliphatic rings. The number of carboxylic acid groups (broad SMARTS) is 1. The zero-order valence-electron chi connectivity index (χ0n) is 12.0. The fourth-order valence-corrected chi connectivity index (χ4v) is 2.89. The van der Waals surface area contributed by atoms with E-state index >= 15 is 0 Å². The van der Waals surface area contributed by atoms with Gasteiger partial charge in [0.2, 0.25) is 0 Å². The van der Waals surface area contributed by atoms with Gasteiger partial charge < -0.3 is 14.9 Å². The van der Waals surface area contributed by atoms with Crippen molar-refractivity contribution in [1.29, 1.82) is 0 Å². The minimum absolute atomic E-state index is 0.0335. The molecule has 0 bridgehead atoms. The highest BCUT2D eigenvalue weighted by Gasteiger charge is 2.45. The minimum Gasteiger partial charge on any atom is -0.481 e. The van der Waals surface area contributed by atoms with Crippen LogP contribution in [0.25, 0.3) is 0 Å². The topological polar surface area (TPSA) is 66.8 Å². The molecule has 4 nitrogen and oxygen atoms in total. The molecule has 1 aliphatic carbocycles. The second-order valence-corrected chi connectivity index (χ2v) is 5.95. The lowest BCUT2D eigenvalue weighted by molar-refractivity contribution is -0.151. The maximum absolute atomic E-state index is 11.7. The van der Waals surface area contributed by atoms with Crippen molar-refractivity contribution in [1.82, 2.24) is 0 Å². The molecule has 0 aromatic heterocycles. The van der Waals surface area contributed by atoms with Crippen LogP contribution in [0.1, 0.15) is 31.4 Å². The van der Waals surface area contributed by atoms with E-state index < -0.39 is 17.5 Å². The molecule has 1 aromatic rings. The average molecular weight is 278 g/mol. The number of aliphatic carboxylic acids is 1. The summed E-state index contributed by atoms with van der Waals surface area (Å²) < 4.78 is 5.37. The molecule has 0 heterocycles. The van der Waals surface area contributed by atoms with Crippen molar-refractivity contribution in [3.63, 3.8) is 0 Å². The second kappa shape index (κ2) is 5.94. The Kier molecular flexibility index (Phi) is 4.45. The summed E-state index contributed by atoms with van der Waals surface area (Å²) in [4.78, 5) is 11.7. The van der Waals surface area contributed by atoms with Gasteiger partial charge in [0.25, 0.3) is 0 Å². The smallest absolute Gasteiger partial charge is 0.310 e. The van der Waals surface area contributed by atoms with Crippen molar-refractivity contribution in [2.75, 3.05) is 6.61 Å². The number of aliphatic hydroxyl groups is 1. The first-order chi connectivity index (χ1) is 9.43. The van der Waals surface area contributed by atoms with Crippen LogP contribution in [0.15, 0.2) is 24.3 Å². The van der Waals surface area contributed by atoms with Crippen molar-refractivity contribution in [2.24, 2.45) is 5.41 Å². The highest BCUT2D eigenvalue weighted by Crippen LogP contribution is 2.40. The third kappa shape index (κ3) is 3.19. The fourth-order valence-electron chi connectivity index (χ4n) is 2.89. The summed E-state index contributed by atoms with van der Waals surface area (Å²) >= 11 is 0. The summed E-state index contributed by atoms with van der Waals surface area (Å²) in [5, 5.41) is 19.7. The Balaban J connectivity index is 2.08. The van der Waals surface area contributed by atoms with Crippen LogP contribution in [-0.2, 0) is 22.4 Å². The van der Waals surface area contributed by atoms with Gasteiger partial charge in [-0.3, -0.25) is 4.79 Å². The van der Waals surface area contributed by atoms with E-state index in [0.717, 1.165) is 11.1 Å². The van der Waals surface area contributed by atoms with Crippen LogP contribution in [0.5, 0.6) is 0 Å². The molecule has 2 rings (SSSR count). The maximum Gasteiger partial charge on any atom is 0.310 e.